The van der Waals surface area contributed by atoms with Crippen LogP contribution in [0.4, 0.5) is 0 Å². The van der Waals surface area contributed by atoms with Gasteiger partial charge in [0.15, 0.2) is 0 Å². The Morgan fingerprint density at radius 3 is 2.59 bits per heavy atom. The van der Waals surface area contributed by atoms with Gasteiger partial charge in [0.2, 0.25) is 0 Å². The number of carbonyl (C=O) groups is 1. The first-order chi connectivity index (χ1) is 8.09. The second-order valence-corrected chi connectivity index (χ2v) is 3.41. The Morgan fingerprint density at radius 2 is 2.00 bits per heavy atom. The van der Waals surface area contributed by atoms with Crippen molar-refractivity contribution in [1.29, 1.82) is 0 Å². The number of hydrogen-bond acceptors (Lipinski definition) is 4. The van der Waals surface area contributed by atoms with Gasteiger partial charge in [0.05, 0.1) is 5.69 Å². The van der Waals surface area contributed by atoms with E-state index in [1.807, 2.05) is 0 Å². The van der Waals surface area contributed by atoms with E-state index >= 15 is 0 Å². The topological polar surface area (TPSA) is 85.1 Å². The molecule has 86 valence electrons. The SMILES string of the molecule is Cn1nc(-c2ccncc2)cc(C(=O)O)c1=O. The summed E-state index contributed by atoms with van der Waals surface area (Å²) in [5, 5.41) is 12.9. The summed E-state index contributed by atoms with van der Waals surface area (Å²) < 4.78 is 1.01. The van der Waals surface area contributed by atoms with Crippen LogP contribution in [0.3, 0.4) is 0 Å². The highest BCUT2D eigenvalue weighted by Crippen LogP contribution is 2.14. The van der Waals surface area contributed by atoms with Crippen molar-refractivity contribution in [3.8, 4) is 11.3 Å². The first kappa shape index (κ1) is 11.0. The van der Waals surface area contributed by atoms with E-state index in [2.05, 4.69) is 10.1 Å². The summed E-state index contributed by atoms with van der Waals surface area (Å²) in [7, 11) is 1.42. The lowest BCUT2D eigenvalue weighted by Gasteiger charge is -2.04. The minimum Gasteiger partial charge on any atom is -0.477 e. The lowest BCUT2D eigenvalue weighted by atomic mass is 10.1. The summed E-state index contributed by atoms with van der Waals surface area (Å²) in [5.74, 6) is -1.26. The third-order valence-electron chi connectivity index (χ3n) is 2.27. The molecule has 0 atom stereocenters. The third-order valence-corrected chi connectivity index (χ3v) is 2.27. The highest BCUT2D eigenvalue weighted by molar-refractivity contribution is 5.88. The molecule has 0 fully saturated rings. The van der Waals surface area contributed by atoms with Crippen LogP contribution in [0.1, 0.15) is 10.4 Å². The van der Waals surface area contributed by atoms with Crippen molar-refractivity contribution < 1.29 is 9.90 Å². The van der Waals surface area contributed by atoms with E-state index in [4.69, 9.17) is 5.11 Å². The van der Waals surface area contributed by atoms with Crippen LogP contribution >= 0.6 is 0 Å². The van der Waals surface area contributed by atoms with E-state index in [9.17, 15) is 9.59 Å². The highest BCUT2D eigenvalue weighted by atomic mass is 16.4. The van der Waals surface area contributed by atoms with Crippen molar-refractivity contribution in [2.24, 2.45) is 7.05 Å². The standard InChI is InChI=1S/C11H9N3O3/c1-14-10(15)8(11(16)17)6-9(13-14)7-2-4-12-5-3-7/h2-6H,1H3,(H,16,17). The van der Waals surface area contributed by atoms with Gasteiger partial charge in [-0.25, -0.2) is 9.48 Å². The van der Waals surface area contributed by atoms with Gasteiger partial charge in [-0.1, -0.05) is 0 Å². The summed E-state index contributed by atoms with van der Waals surface area (Å²) in [6.07, 6.45) is 3.14. The maximum absolute atomic E-state index is 11.5. The average molecular weight is 231 g/mol. The molecule has 0 bridgehead atoms. The van der Waals surface area contributed by atoms with Gasteiger partial charge in [-0.15, -0.1) is 0 Å². The Labute approximate surface area is 96.2 Å². The first-order valence-electron chi connectivity index (χ1n) is 4.81. The van der Waals surface area contributed by atoms with Crippen LogP contribution in [-0.2, 0) is 7.05 Å². The van der Waals surface area contributed by atoms with E-state index in [1.54, 1.807) is 24.5 Å². The minimum atomic E-state index is -1.26. The molecule has 0 amide bonds. The normalized spacial score (nSPS) is 10.2. The van der Waals surface area contributed by atoms with Crippen molar-refractivity contribution in [1.82, 2.24) is 14.8 Å². The molecular formula is C11H9N3O3. The van der Waals surface area contributed by atoms with Crippen LogP contribution in [0, 0.1) is 0 Å². The second-order valence-electron chi connectivity index (χ2n) is 3.41. The van der Waals surface area contributed by atoms with Crippen LogP contribution in [0.15, 0.2) is 35.4 Å². The average Bonchev–Trinajstić information content (AvgIpc) is 2.33. The number of carboxylic acid groups (broad SMARTS) is 1. The molecular weight excluding hydrogens is 222 g/mol. The molecule has 0 spiro atoms. The number of pyridine rings is 1. The predicted octanol–water partition coefficient (Wildman–Crippen LogP) is 0.540. The summed E-state index contributed by atoms with van der Waals surface area (Å²) in [4.78, 5) is 26.3. The van der Waals surface area contributed by atoms with Gasteiger partial charge in [0.25, 0.3) is 5.56 Å². The van der Waals surface area contributed by atoms with Crippen molar-refractivity contribution in [2.75, 3.05) is 0 Å². The fourth-order valence-corrected chi connectivity index (χ4v) is 1.43. The smallest absolute Gasteiger partial charge is 0.341 e. The van der Waals surface area contributed by atoms with Gasteiger partial charge in [-0.05, 0) is 18.2 Å². The molecule has 2 aromatic heterocycles. The van der Waals surface area contributed by atoms with Crippen LogP contribution in [-0.4, -0.2) is 25.8 Å². The zero-order valence-corrected chi connectivity index (χ0v) is 8.99. The van der Waals surface area contributed by atoms with Crippen molar-refractivity contribution in [3.63, 3.8) is 0 Å². The summed E-state index contributed by atoms with van der Waals surface area (Å²) in [5.41, 5.74) is 0.203. The predicted molar refractivity (Wildman–Crippen MR) is 59.7 cm³/mol. The number of hydrogen-bond donors (Lipinski definition) is 1. The Balaban J connectivity index is 2.66. The number of nitrogens with zero attached hydrogens (tertiary/aromatic N) is 3. The van der Waals surface area contributed by atoms with E-state index in [1.165, 1.54) is 13.1 Å². The molecule has 0 aromatic carbocycles. The van der Waals surface area contributed by atoms with Crippen LogP contribution in [0.2, 0.25) is 0 Å². The zero-order valence-electron chi connectivity index (χ0n) is 8.99. The van der Waals surface area contributed by atoms with Crippen molar-refractivity contribution in [2.45, 2.75) is 0 Å². The summed E-state index contributed by atoms with van der Waals surface area (Å²) >= 11 is 0. The van der Waals surface area contributed by atoms with Crippen LogP contribution in [0.5, 0.6) is 0 Å². The van der Waals surface area contributed by atoms with Crippen LogP contribution in [0.25, 0.3) is 11.3 Å². The van der Waals surface area contributed by atoms with Gasteiger partial charge in [-0.2, -0.15) is 5.10 Å². The Bertz CT molecular complexity index is 620. The van der Waals surface area contributed by atoms with Crippen LogP contribution < -0.4 is 5.56 Å². The molecule has 2 rings (SSSR count). The molecule has 0 radical (unpaired) electrons. The maximum Gasteiger partial charge on any atom is 0.341 e. The minimum absolute atomic E-state index is 0.297. The van der Waals surface area contributed by atoms with Gasteiger partial charge in [-0.3, -0.25) is 9.78 Å². The number of aromatic carboxylic acids is 1. The second kappa shape index (κ2) is 4.17. The number of rotatable bonds is 2. The maximum atomic E-state index is 11.5. The first-order valence-corrected chi connectivity index (χ1v) is 4.81. The molecule has 0 unspecified atom stereocenters. The van der Waals surface area contributed by atoms with E-state index in [-0.39, 0.29) is 5.56 Å². The Kier molecular flexibility index (Phi) is 2.70. The molecule has 6 nitrogen and oxygen atoms in total. The highest BCUT2D eigenvalue weighted by Gasteiger charge is 2.13. The van der Waals surface area contributed by atoms with Crippen molar-refractivity contribution >= 4 is 5.97 Å². The molecule has 6 heteroatoms. The van der Waals surface area contributed by atoms with E-state index < -0.39 is 11.5 Å². The quantitative estimate of drug-likeness (QED) is 0.815. The Morgan fingerprint density at radius 1 is 1.35 bits per heavy atom. The molecule has 17 heavy (non-hydrogen) atoms. The molecule has 0 saturated heterocycles. The third kappa shape index (κ3) is 2.05. The van der Waals surface area contributed by atoms with Gasteiger partial charge < -0.3 is 5.11 Å². The molecule has 1 N–H and O–H groups in total. The fourth-order valence-electron chi connectivity index (χ4n) is 1.43. The lowest BCUT2D eigenvalue weighted by Crippen LogP contribution is -2.26. The molecule has 2 heterocycles. The molecule has 0 aliphatic rings. The van der Waals surface area contributed by atoms with E-state index in [0.717, 1.165) is 4.68 Å². The largest absolute Gasteiger partial charge is 0.477 e. The zero-order chi connectivity index (χ0) is 12.4. The van der Waals surface area contributed by atoms with E-state index in [0.29, 0.717) is 11.3 Å². The molecule has 0 aliphatic heterocycles. The molecule has 0 aliphatic carbocycles. The number of carboxylic acids is 1. The fraction of sp³-hybridized carbons (Fsp3) is 0.0909. The Hall–Kier alpha value is -2.50. The summed E-state index contributed by atoms with van der Waals surface area (Å²) in [6, 6.07) is 4.65. The monoisotopic (exact) mass is 231 g/mol. The molecule has 0 saturated carbocycles. The summed E-state index contributed by atoms with van der Waals surface area (Å²) in [6.45, 7) is 0. The van der Waals surface area contributed by atoms with Gasteiger partial charge in [0.1, 0.15) is 5.56 Å². The van der Waals surface area contributed by atoms with Crippen molar-refractivity contribution in [3.05, 3.63) is 46.5 Å². The number of aryl methyl sites for hydroxylation is 1. The number of aromatic nitrogens is 3. The molecule has 2 aromatic rings. The van der Waals surface area contributed by atoms with Gasteiger partial charge >= 0.3 is 5.97 Å². The lowest BCUT2D eigenvalue weighted by molar-refractivity contribution is 0.0694. The van der Waals surface area contributed by atoms with Gasteiger partial charge in [0, 0.05) is 25.0 Å².